The average molecular weight is 437 g/mol. The molecule has 0 aliphatic carbocycles. The quantitative estimate of drug-likeness (QED) is 0.261. The van der Waals surface area contributed by atoms with Crippen molar-refractivity contribution in [3.8, 4) is 0 Å². The minimum atomic E-state index is 0.417. The number of nitrogens with zero attached hydrogens (tertiary/aromatic N) is 3. The Kier molecular flexibility index (Phi) is 8.94. The predicted molar refractivity (Wildman–Crippen MR) is 135 cm³/mol. The first-order valence-electron chi connectivity index (χ1n) is 14.3. The smallest absolute Gasteiger partial charge is 0.0916 e. The molecule has 3 heterocycles. The SMILES string of the molecule is CC(CC[N+]1(C(C)(C)C)CCCC1)[N+]1(CCCCCCC[N+]2(C)CCCC2)CCCC1. The van der Waals surface area contributed by atoms with E-state index in [1.807, 2.05) is 0 Å². The molecule has 0 saturated carbocycles. The lowest BCUT2D eigenvalue weighted by molar-refractivity contribution is -0.971. The first kappa shape index (κ1) is 25.5. The first-order chi connectivity index (χ1) is 14.7. The zero-order valence-corrected chi connectivity index (χ0v) is 22.3. The summed E-state index contributed by atoms with van der Waals surface area (Å²) >= 11 is 0. The molecule has 3 saturated heterocycles. The number of unbranched alkanes of at least 4 members (excludes halogenated alkanes) is 4. The van der Waals surface area contributed by atoms with E-state index in [-0.39, 0.29) is 0 Å². The highest BCUT2D eigenvalue weighted by molar-refractivity contribution is 4.71. The lowest BCUT2D eigenvalue weighted by atomic mass is 9.99. The molecule has 0 amide bonds. The normalized spacial score (nSPS) is 25.8. The minimum Gasteiger partial charge on any atom is -0.326 e. The highest BCUT2D eigenvalue weighted by Crippen LogP contribution is 2.34. The van der Waals surface area contributed by atoms with Gasteiger partial charge in [0.15, 0.2) is 0 Å². The van der Waals surface area contributed by atoms with Gasteiger partial charge in [-0.3, -0.25) is 0 Å². The summed E-state index contributed by atoms with van der Waals surface area (Å²) in [6.07, 6.45) is 17.5. The number of hydrogen-bond donors (Lipinski definition) is 0. The van der Waals surface area contributed by atoms with Crippen LogP contribution in [0.4, 0.5) is 0 Å². The van der Waals surface area contributed by atoms with Gasteiger partial charge in [-0.15, -0.1) is 0 Å². The molecule has 31 heavy (non-hydrogen) atoms. The van der Waals surface area contributed by atoms with E-state index in [2.05, 4.69) is 34.7 Å². The van der Waals surface area contributed by atoms with Crippen molar-refractivity contribution < 1.29 is 13.4 Å². The van der Waals surface area contributed by atoms with Gasteiger partial charge in [0, 0.05) is 44.9 Å². The number of quaternary nitrogens is 3. The molecular weight excluding hydrogens is 378 g/mol. The van der Waals surface area contributed by atoms with E-state index < -0.39 is 0 Å². The topological polar surface area (TPSA) is 0 Å². The van der Waals surface area contributed by atoms with E-state index >= 15 is 0 Å². The van der Waals surface area contributed by atoms with Crippen LogP contribution in [-0.4, -0.2) is 91.0 Å². The molecule has 1 atom stereocenters. The summed E-state index contributed by atoms with van der Waals surface area (Å²) in [6.45, 7) is 23.1. The standard InChI is InChI=1S/C28H58N3/c1-27(17-26-31(28(2,3)4)24-15-16-25-31)30(22-13-14-23-30)21-10-8-6-7-9-18-29(5)19-11-12-20-29/h27H,6-26H2,1-5H3/q+3. The Morgan fingerprint density at radius 2 is 1.10 bits per heavy atom. The van der Waals surface area contributed by atoms with Crippen LogP contribution in [0.3, 0.4) is 0 Å². The van der Waals surface area contributed by atoms with Crippen LogP contribution in [0, 0.1) is 0 Å². The molecule has 0 bridgehead atoms. The predicted octanol–water partition coefficient (Wildman–Crippen LogP) is 5.98. The summed E-state index contributed by atoms with van der Waals surface area (Å²) in [5.41, 5.74) is 0.417. The van der Waals surface area contributed by atoms with Crippen molar-refractivity contribution in [3.05, 3.63) is 0 Å². The number of hydrogen-bond acceptors (Lipinski definition) is 0. The third-order valence-corrected chi connectivity index (χ3v) is 10.2. The lowest BCUT2D eigenvalue weighted by Gasteiger charge is -2.48. The van der Waals surface area contributed by atoms with Gasteiger partial charge in [0.1, 0.15) is 0 Å². The van der Waals surface area contributed by atoms with Crippen molar-refractivity contribution in [2.45, 2.75) is 116 Å². The molecule has 182 valence electrons. The Balaban J connectivity index is 1.39. The van der Waals surface area contributed by atoms with E-state index in [1.54, 1.807) is 0 Å². The molecule has 3 aliphatic rings. The molecule has 3 fully saturated rings. The van der Waals surface area contributed by atoms with Crippen molar-refractivity contribution in [3.63, 3.8) is 0 Å². The molecule has 0 spiro atoms. The summed E-state index contributed by atoms with van der Waals surface area (Å²) in [5.74, 6) is 0. The summed E-state index contributed by atoms with van der Waals surface area (Å²) in [6, 6.07) is 0.861. The Hall–Kier alpha value is -0.120. The van der Waals surface area contributed by atoms with Crippen molar-refractivity contribution in [2.24, 2.45) is 0 Å². The third kappa shape index (κ3) is 6.48. The Bertz CT molecular complexity index is 517. The molecular formula is C28H58N3+3. The fourth-order valence-electron chi connectivity index (χ4n) is 7.50. The molecule has 3 nitrogen and oxygen atoms in total. The zero-order valence-electron chi connectivity index (χ0n) is 22.3. The monoisotopic (exact) mass is 436 g/mol. The van der Waals surface area contributed by atoms with Crippen LogP contribution < -0.4 is 0 Å². The molecule has 0 N–H and O–H groups in total. The van der Waals surface area contributed by atoms with Gasteiger partial charge >= 0.3 is 0 Å². The van der Waals surface area contributed by atoms with Crippen molar-refractivity contribution >= 4 is 0 Å². The average Bonchev–Trinajstić information content (AvgIpc) is 3.47. The summed E-state index contributed by atoms with van der Waals surface area (Å²) in [5, 5.41) is 0. The maximum absolute atomic E-state index is 2.61. The fourth-order valence-corrected chi connectivity index (χ4v) is 7.50. The largest absolute Gasteiger partial charge is 0.326 e. The molecule has 0 aromatic carbocycles. The highest BCUT2D eigenvalue weighted by Gasteiger charge is 2.44. The summed E-state index contributed by atoms with van der Waals surface area (Å²) in [7, 11) is 2.49. The van der Waals surface area contributed by atoms with Gasteiger partial charge in [0.05, 0.1) is 77.5 Å². The molecule has 0 aromatic rings. The summed E-state index contributed by atoms with van der Waals surface area (Å²) < 4.78 is 4.21. The van der Waals surface area contributed by atoms with Gasteiger partial charge in [-0.25, -0.2) is 0 Å². The second kappa shape index (κ2) is 10.9. The second-order valence-corrected chi connectivity index (χ2v) is 13.2. The number of rotatable bonds is 12. The summed E-state index contributed by atoms with van der Waals surface area (Å²) in [4.78, 5) is 0. The maximum atomic E-state index is 2.61. The van der Waals surface area contributed by atoms with E-state index in [4.69, 9.17) is 0 Å². The molecule has 1 unspecified atom stereocenters. The zero-order chi connectivity index (χ0) is 22.4. The Morgan fingerprint density at radius 3 is 1.68 bits per heavy atom. The number of likely N-dealkylation sites (tertiary alicyclic amines) is 3. The van der Waals surface area contributed by atoms with Crippen LogP contribution in [0.15, 0.2) is 0 Å². The van der Waals surface area contributed by atoms with Gasteiger partial charge in [0.25, 0.3) is 0 Å². The van der Waals surface area contributed by atoms with Gasteiger partial charge in [-0.1, -0.05) is 6.42 Å². The minimum absolute atomic E-state index is 0.417. The van der Waals surface area contributed by atoms with Crippen LogP contribution >= 0.6 is 0 Å². The van der Waals surface area contributed by atoms with Crippen molar-refractivity contribution in [2.75, 3.05) is 66.0 Å². The second-order valence-electron chi connectivity index (χ2n) is 13.2. The van der Waals surface area contributed by atoms with Crippen LogP contribution in [0.5, 0.6) is 0 Å². The fraction of sp³-hybridized carbons (Fsp3) is 1.00. The van der Waals surface area contributed by atoms with Gasteiger partial charge in [0.2, 0.25) is 0 Å². The first-order valence-corrected chi connectivity index (χ1v) is 14.3. The molecule has 3 heteroatoms. The van der Waals surface area contributed by atoms with E-state index in [0.29, 0.717) is 5.54 Å². The molecule has 3 rings (SSSR count). The third-order valence-electron chi connectivity index (χ3n) is 10.2. The van der Waals surface area contributed by atoms with Crippen LogP contribution in [0.1, 0.15) is 105 Å². The van der Waals surface area contributed by atoms with Gasteiger partial charge in [-0.05, 0) is 53.4 Å². The van der Waals surface area contributed by atoms with Gasteiger partial charge < -0.3 is 13.4 Å². The Labute approximate surface area is 195 Å². The highest BCUT2D eigenvalue weighted by atomic mass is 15.4. The van der Waals surface area contributed by atoms with Crippen LogP contribution in [-0.2, 0) is 0 Å². The van der Waals surface area contributed by atoms with Crippen LogP contribution in [0.2, 0.25) is 0 Å². The van der Waals surface area contributed by atoms with E-state index in [1.165, 1.54) is 149 Å². The van der Waals surface area contributed by atoms with Crippen molar-refractivity contribution in [1.29, 1.82) is 0 Å². The van der Waals surface area contributed by atoms with Gasteiger partial charge in [-0.2, -0.15) is 0 Å². The molecule has 0 radical (unpaired) electrons. The maximum Gasteiger partial charge on any atom is 0.0916 e. The van der Waals surface area contributed by atoms with Crippen LogP contribution in [0.25, 0.3) is 0 Å². The molecule has 0 aromatic heterocycles. The van der Waals surface area contributed by atoms with E-state index in [0.717, 1.165) is 6.04 Å². The molecule has 3 aliphatic heterocycles. The lowest BCUT2D eigenvalue weighted by Crippen LogP contribution is -2.61. The Morgan fingerprint density at radius 1 is 0.613 bits per heavy atom. The van der Waals surface area contributed by atoms with Crippen molar-refractivity contribution in [1.82, 2.24) is 0 Å². The van der Waals surface area contributed by atoms with E-state index in [9.17, 15) is 0 Å².